The summed E-state index contributed by atoms with van der Waals surface area (Å²) in [4.78, 5) is 12.8. The Hall–Kier alpha value is -2.34. The highest BCUT2D eigenvalue weighted by molar-refractivity contribution is 5.81. The van der Waals surface area contributed by atoms with Crippen molar-refractivity contribution >= 4 is 5.91 Å². The molecule has 1 aromatic carbocycles. The lowest BCUT2D eigenvalue weighted by molar-refractivity contribution is -0.125. The SMILES string of the molecule is COc1cccc(C(C)NC(=O)[C@H]2CNC[C@@H]2c2cnn(C)c2)c1. The van der Waals surface area contributed by atoms with Crippen LogP contribution in [0.1, 0.15) is 30.0 Å². The van der Waals surface area contributed by atoms with Crippen LogP contribution in [0.5, 0.6) is 5.75 Å². The Morgan fingerprint density at radius 1 is 1.46 bits per heavy atom. The molecular formula is C18H24N4O2. The van der Waals surface area contributed by atoms with E-state index in [4.69, 9.17) is 4.74 Å². The number of ether oxygens (including phenoxy) is 1. The van der Waals surface area contributed by atoms with Crippen molar-refractivity contribution in [2.24, 2.45) is 13.0 Å². The number of nitrogens with zero attached hydrogens (tertiary/aromatic N) is 2. The van der Waals surface area contributed by atoms with E-state index in [9.17, 15) is 4.79 Å². The largest absolute Gasteiger partial charge is 0.497 e. The van der Waals surface area contributed by atoms with Crippen molar-refractivity contribution in [2.75, 3.05) is 20.2 Å². The number of hydrogen-bond acceptors (Lipinski definition) is 4. The molecule has 24 heavy (non-hydrogen) atoms. The second-order valence-electron chi connectivity index (χ2n) is 6.33. The fourth-order valence-electron chi connectivity index (χ4n) is 3.25. The lowest BCUT2D eigenvalue weighted by atomic mass is 9.90. The normalized spacial score (nSPS) is 21.5. The monoisotopic (exact) mass is 328 g/mol. The molecular weight excluding hydrogens is 304 g/mol. The van der Waals surface area contributed by atoms with Crippen LogP contribution in [0, 0.1) is 5.92 Å². The van der Waals surface area contributed by atoms with Crippen LogP contribution in [-0.4, -0.2) is 35.9 Å². The number of methoxy groups -OCH3 is 1. The van der Waals surface area contributed by atoms with Crippen LogP contribution < -0.4 is 15.4 Å². The summed E-state index contributed by atoms with van der Waals surface area (Å²) in [5.74, 6) is 0.951. The van der Waals surface area contributed by atoms with E-state index in [0.29, 0.717) is 6.54 Å². The van der Waals surface area contributed by atoms with Gasteiger partial charge in [0.2, 0.25) is 5.91 Å². The second-order valence-corrected chi connectivity index (χ2v) is 6.33. The summed E-state index contributed by atoms with van der Waals surface area (Å²) >= 11 is 0. The van der Waals surface area contributed by atoms with Crippen molar-refractivity contribution in [3.8, 4) is 5.75 Å². The van der Waals surface area contributed by atoms with E-state index < -0.39 is 0 Å². The number of carbonyl (C=O) groups excluding carboxylic acids is 1. The number of aromatic nitrogens is 2. The van der Waals surface area contributed by atoms with Gasteiger partial charge >= 0.3 is 0 Å². The Labute approximate surface area is 142 Å². The van der Waals surface area contributed by atoms with Gasteiger partial charge < -0.3 is 15.4 Å². The van der Waals surface area contributed by atoms with Gasteiger partial charge in [-0.2, -0.15) is 5.10 Å². The van der Waals surface area contributed by atoms with Gasteiger partial charge in [-0.15, -0.1) is 0 Å². The first kappa shape index (κ1) is 16.5. The van der Waals surface area contributed by atoms with Crippen LogP contribution in [-0.2, 0) is 11.8 Å². The van der Waals surface area contributed by atoms with E-state index in [2.05, 4.69) is 15.7 Å². The minimum absolute atomic E-state index is 0.0669. The lowest BCUT2D eigenvalue weighted by Gasteiger charge is -2.21. The van der Waals surface area contributed by atoms with Crippen molar-refractivity contribution in [3.63, 3.8) is 0 Å². The fraction of sp³-hybridized carbons (Fsp3) is 0.444. The number of benzene rings is 1. The molecule has 0 bridgehead atoms. The van der Waals surface area contributed by atoms with Crippen LogP contribution in [0.15, 0.2) is 36.7 Å². The van der Waals surface area contributed by atoms with E-state index in [1.165, 1.54) is 0 Å². The summed E-state index contributed by atoms with van der Waals surface area (Å²) in [6.07, 6.45) is 3.84. The summed E-state index contributed by atoms with van der Waals surface area (Å²) in [6.45, 7) is 3.49. The van der Waals surface area contributed by atoms with Gasteiger partial charge in [0, 0.05) is 32.3 Å². The molecule has 3 atom stereocenters. The first-order valence-corrected chi connectivity index (χ1v) is 8.22. The number of amides is 1. The first-order valence-electron chi connectivity index (χ1n) is 8.22. The Morgan fingerprint density at radius 3 is 3.00 bits per heavy atom. The van der Waals surface area contributed by atoms with Crippen LogP contribution in [0.25, 0.3) is 0 Å². The molecule has 1 fully saturated rings. The van der Waals surface area contributed by atoms with Gasteiger partial charge in [0.15, 0.2) is 0 Å². The Bertz CT molecular complexity index is 713. The molecule has 2 aromatic rings. The van der Waals surface area contributed by atoms with Gasteiger partial charge in [0.1, 0.15) is 5.75 Å². The molecule has 2 N–H and O–H groups in total. The predicted molar refractivity (Wildman–Crippen MR) is 91.9 cm³/mol. The van der Waals surface area contributed by atoms with Gasteiger partial charge in [-0.05, 0) is 30.2 Å². The average Bonchev–Trinajstić information content (AvgIpc) is 3.23. The van der Waals surface area contributed by atoms with Crippen LogP contribution >= 0.6 is 0 Å². The zero-order valence-corrected chi connectivity index (χ0v) is 14.3. The van der Waals surface area contributed by atoms with E-state index in [1.807, 2.05) is 50.6 Å². The van der Waals surface area contributed by atoms with Gasteiger partial charge in [0.25, 0.3) is 0 Å². The zero-order chi connectivity index (χ0) is 17.1. The summed E-state index contributed by atoms with van der Waals surface area (Å²) < 4.78 is 7.03. The van der Waals surface area contributed by atoms with Crippen molar-refractivity contribution < 1.29 is 9.53 Å². The highest BCUT2D eigenvalue weighted by atomic mass is 16.5. The predicted octanol–water partition coefficient (Wildman–Crippen LogP) is 1.61. The molecule has 0 spiro atoms. The van der Waals surface area contributed by atoms with Crippen molar-refractivity contribution in [1.82, 2.24) is 20.4 Å². The van der Waals surface area contributed by atoms with Gasteiger partial charge in [-0.3, -0.25) is 9.48 Å². The smallest absolute Gasteiger partial charge is 0.225 e. The molecule has 2 heterocycles. The van der Waals surface area contributed by atoms with E-state index in [0.717, 1.165) is 23.4 Å². The highest BCUT2D eigenvalue weighted by Crippen LogP contribution is 2.29. The molecule has 3 rings (SSSR count). The third kappa shape index (κ3) is 3.43. The summed E-state index contributed by atoms with van der Waals surface area (Å²) in [5.41, 5.74) is 2.14. The van der Waals surface area contributed by atoms with Gasteiger partial charge in [-0.1, -0.05) is 12.1 Å². The van der Waals surface area contributed by atoms with E-state index in [1.54, 1.807) is 11.8 Å². The molecule has 0 aliphatic carbocycles. The van der Waals surface area contributed by atoms with Gasteiger partial charge in [0.05, 0.1) is 25.3 Å². The molecule has 1 aromatic heterocycles. The second kappa shape index (κ2) is 7.05. The van der Waals surface area contributed by atoms with Gasteiger partial charge in [-0.25, -0.2) is 0 Å². The molecule has 1 saturated heterocycles. The maximum atomic E-state index is 12.8. The Morgan fingerprint density at radius 2 is 2.29 bits per heavy atom. The number of carbonyl (C=O) groups is 1. The zero-order valence-electron chi connectivity index (χ0n) is 14.3. The van der Waals surface area contributed by atoms with E-state index in [-0.39, 0.29) is 23.8 Å². The quantitative estimate of drug-likeness (QED) is 0.875. The summed E-state index contributed by atoms with van der Waals surface area (Å²) in [7, 11) is 3.54. The Kier molecular flexibility index (Phi) is 4.85. The summed E-state index contributed by atoms with van der Waals surface area (Å²) in [6, 6.07) is 7.72. The highest BCUT2D eigenvalue weighted by Gasteiger charge is 2.35. The minimum atomic E-state index is -0.0812. The molecule has 0 saturated carbocycles. The standard InChI is InChI=1S/C18H24N4O2/c1-12(13-5-4-6-15(7-13)24-3)21-18(23)17-10-19-9-16(17)14-8-20-22(2)11-14/h4-8,11-12,16-17,19H,9-10H2,1-3H3,(H,21,23)/t12?,16-,17+/m1/s1. The molecule has 6 nitrogen and oxygen atoms in total. The molecule has 1 unspecified atom stereocenters. The fourth-order valence-corrected chi connectivity index (χ4v) is 3.25. The third-order valence-electron chi connectivity index (χ3n) is 4.66. The van der Waals surface area contributed by atoms with Crippen LogP contribution in [0.4, 0.5) is 0 Å². The Balaban J connectivity index is 1.69. The number of rotatable bonds is 5. The van der Waals surface area contributed by atoms with Crippen molar-refractivity contribution in [2.45, 2.75) is 18.9 Å². The average molecular weight is 328 g/mol. The van der Waals surface area contributed by atoms with Crippen molar-refractivity contribution in [1.29, 1.82) is 0 Å². The number of nitrogens with one attached hydrogen (secondary N) is 2. The molecule has 1 aliphatic rings. The molecule has 1 aliphatic heterocycles. The third-order valence-corrected chi connectivity index (χ3v) is 4.66. The summed E-state index contributed by atoms with van der Waals surface area (Å²) in [5, 5.41) is 10.7. The minimum Gasteiger partial charge on any atom is -0.497 e. The number of hydrogen-bond donors (Lipinski definition) is 2. The first-order chi connectivity index (χ1) is 11.6. The van der Waals surface area contributed by atoms with E-state index >= 15 is 0 Å². The molecule has 128 valence electrons. The molecule has 0 radical (unpaired) electrons. The maximum Gasteiger partial charge on any atom is 0.225 e. The van der Waals surface area contributed by atoms with Crippen molar-refractivity contribution in [3.05, 3.63) is 47.8 Å². The maximum absolute atomic E-state index is 12.8. The van der Waals surface area contributed by atoms with Crippen LogP contribution in [0.3, 0.4) is 0 Å². The molecule has 6 heteroatoms. The topological polar surface area (TPSA) is 68.2 Å². The molecule has 1 amide bonds. The number of aryl methyl sites for hydroxylation is 1. The van der Waals surface area contributed by atoms with Crippen LogP contribution in [0.2, 0.25) is 0 Å². The lowest BCUT2D eigenvalue weighted by Crippen LogP contribution is -2.36.